The molecule has 1 saturated heterocycles. The third-order valence-electron chi connectivity index (χ3n) is 7.08. The van der Waals surface area contributed by atoms with Crippen LogP contribution in [0, 0.1) is 17.5 Å². The van der Waals surface area contributed by atoms with Gasteiger partial charge in [0.25, 0.3) is 5.91 Å². The number of rotatable bonds is 9. The maximum absolute atomic E-state index is 15.1. The van der Waals surface area contributed by atoms with Crippen LogP contribution >= 0.6 is 0 Å². The number of anilines is 2. The molecule has 3 aromatic carbocycles. The Balaban J connectivity index is 1.21. The Labute approximate surface area is 247 Å². The monoisotopic (exact) mass is 620 g/mol. The topological polar surface area (TPSA) is 95.8 Å². The second-order valence-electron chi connectivity index (χ2n) is 10.2. The Morgan fingerprint density at radius 3 is 2.25 bits per heavy atom. The summed E-state index contributed by atoms with van der Waals surface area (Å²) in [4.78, 5) is 20.0. The second-order valence-corrected chi connectivity index (χ2v) is 10.2. The number of alkyl halides is 3. The number of hydrogen-bond donors (Lipinski definition) is 2. The van der Waals surface area contributed by atoms with Gasteiger partial charge in [0.15, 0.2) is 0 Å². The summed E-state index contributed by atoms with van der Waals surface area (Å²) in [6, 6.07) is 11.4. The number of amides is 1. The van der Waals surface area contributed by atoms with Crippen LogP contribution in [0.5, 0.6) is 5.75 Å². The summed E-state index contributed by atoms with van der Waals surface area (Å²) in [6.07, 6.45) is -2.21. The second kappa shape index (κ2) is 12.5. The van der Waals surface area contributed by atoms with Crippen molar-refractivity contribution in [2.45, 2.75) is 18.5 Å². The van der Waals surface area contributed by atoms with Crippen molar-refractivity contribution < 1.29 is 41.0 Å². The number of aliphatic hydroxyl groups is 1. The summed E-state index contributed by atoms with van der Waals surface area (Å²) < 4.78 is 85.6. The fourth-order valence-corrected chi connectivity index (χ4v) is 5.04. The summed E-state index contributed by atoms with van der Waals surface area (Å²) in [6.45, 7) is 1.34. The summed E-state index contributed by atoms with van der Waals surface area (Å²) in [5, 5.41) is 18.1. The van der Waals surface area contributed by atoms with Crippen LogP contribution in [0.2, 0.25) is 0 Å². The van der Waals surface area contributed by atoms with Gasteiger partial charge in [-0.05, 0) is 48.5 Å². The Bertz CT molecular complexity index is 1590. The number of piperazine rings is 1. The maximum atomic E-state index is 15.1. The number of β-amino-alcohol motifs (C(OH)–C–C–N with tert-alkyl or cyclic N) is 1. The highest BCUT2D eigenvalue weighted by atomic mass is 19.4. The van der Waals surface area contributed by atoms with Gasteiger partial charge in [-0.15, -0.1) is 13.2 Å². The van der Waals surface area contributed by atoms with Crippen molar-refractivity contribution in [2.24, 2.45) is 0 Å². The van der Waals surface area contributed by atoms with Crippen molar-refractivity contribution in [3.05, 3.63) is 102 Å². The number of aromatic nitrogens is 3. The van der Waals surface area contributed by atoms with E-state index in [1.807, 2.05) is 4.90 Å². The van der Waals surface area contributed by atoms with E-state index < -0.39 is 41.1 Å². The largest absolute Gasteiger partial charge is 0.573 e. The molecular formula is C29H26F6N6O3. The van der Waals surface area contributed by atoms with E-state index >= 15 is 4.39 Å². The van der Waals surface area contributed by atoms with E-state index in [1.54, 1.807) is 4.90 Å². The van der Waals surface area contributed by atoms with E-state index in [0.717, 1.165) is 36.4 Å². The van der Waals surface area contributed by atoms with Crippen LogP contribution in [0.3, 0.4) is 0 Å². The predicted octanol–water partition coefficient (Wildman–Crippen LogP) is 4.56. The van der Waals surface area contributed by atoms with Crippen LogP contribution in [0.4, 0.5) is 37.7 Å². The summed E-state index contributed by atoms with van der Waals surface area (Å²) in [5.74, 6) is -3.41. The third kappa shape index (κ3) is 7.47. The van der Waals surface area contributed by atoms with Crippen LogP contribution in [-0.4, -0.2) is 69.8 Å². The highest BCUT2D eigenvalue weighted by Gasteiger charge is 2.37. The molecule has 0 spiro atoms. The number of hydrogen-bond acceptors (Lipinski definition) is 7. The minimum Gasteiger partial charge on any atom is -0.406 e. The first-order valence-corrected chi connectivity index (χ1v) is 13.3. The molecule has 4 aromatic rings. The molecule has 1 fully saturated rings. The van der Waals surface area contributed by atoms with Crippen molar-refractivity contribution in [3.8, 4) is 5.75 Å². The molecule has 2 N–H and O–H groups in total. The lowest BCUT2D eigenvalue weighted by Gasteiger charge is -2.40. The zero-order chi connectivity index (χ0) is 31.5. The van der Waals surface area contributed by atoms with Crippen LogP contribution in [-0.2, 0) is 12.1 Å². The van der Waals surface area contributed by atoms with Gasteiger partial charge in [-0.1, -0.05) is 6.07 Å². The number of nitrogens with zero attached hydrogens (tertiary/aromatic N) is 5. The van der Waals surface area contributed by atoms with Crippen molar-refractivity contribution in [1.82, 2.24) is 19.7 Å². The van der Waals surface area contributed by atoms with Crippen LogP contribution in [0.1, 0.15) is 15.9 Å². The lowest BCUT2D eigenvalue weighted by molar-refractivity contribution is -0.274. The molecule has 0 radical (unpaired) electrons. The fourth-order valence-electron chi connectivity index (χ4n) is 5.04. The molecule has 15 heteroatoms. The van der Waals surface area contributed by atoms with Gasteiger partial charge in [0.1, 0.15) is 41.5 Å². The molecule has 1 unspecified atom stereocenters. The molecule has 1 aliphatic rings. The highest BCUT2D eigenvalue weighted by Crippen LogP contribution is 2.30. The van der Waals surface area contributed by atoms with E-state index in [1.165, 1.54) is 35.5 Å². The van der Waals surface area contributed by atoms with E-state index in [2.05, 4.69) is 20.1 Å². The third-order valence-corrected chi connectivity index (χ3v) is 7.08. The standard InChI is InChI=1S/C29H26F6N6O3/c30-20-3-7-23(24(31)13-20)28(43,16-41-18-36-17-37-41)15-39-9-11-40(12-10-39)26-8-4-21(14-25(26)32)38-27(42)19-1-5-22(6-2-19)44-29(33,34)35/h1-8,13-14,17-18,43H,9-12,15-16H2,(H,38,42). The average molecular weight is 621 g/mol. The minimum atomic E-state index is -4.86. The van der Waals surface area contributed by atoms with Gasteiger partial charge in [-0.25, -0.2) is 22.8 Å². The van der Waals surface area contributed by atoms with Crippen molar-refractivity contribution in [3.63, 3.8) is 0 Å². The molecule has 44 heavy (non-hydrogen) atoms. The van der Waals surface area contributed by atoms with Crippen molar-refractivity contribution in [2.75, 3.05) is 42.9 Å². The Morgan fingerprint density at radius 1 is 0.909 bits per heavy atom. The Hall–Kier alpha value is -4.63. The zero-order valence-electron chi connectivity index (χ0n) is 22.9. The summed E-state index contributed by atoms with van der Waals surface area (Å²) >= 11 is 0. The molecule has 1 aliphatic heterocycles. The van der Waals surface area contributed by atoms with Gasteiger partial charge in [0, 0.05) is 55.6 Å². The first kappa shape index (κ1) is 30.8. The Morgan fingerprint density at radius 2 is 1.64 bits per heavy atom. The first-order valence-electron chi connectivity index (χ1n) is 13.3. The van der Waals surface area contributed by atoms with Gasteiger partial charge >= 0.3 is 6.36 Å². The number of halogens is 6. The predicted molar refractivity (Wildman–Crippen MR) is 146 cm³/mol. The molecule has 0 bridgehead atoms. The van der Waals surface area contributed by atoms with Gasteiger partial charge < -0.3 is 20.1 Å². The maximum Gasteiger partial charge on any atom is 0.573 e. The fraction of sp³-hybridized carbons (Fsp3) is 0.276. The van der Waals surface area contributed by atoms with Gasteiger partial charge in [-0.2, -0.15) is 5.10 Å². The molecule has 9 nitrogen and oxygen atoms in total. The van der Waals surface area contributed by atoms with Crippen molar-refractivity contribution in [1.29, 1.82) is 0 Å². The Kier molecular flexibility index (Phi) is 8.78. The lowest BCUT2D eigenvalue weighted by Crippen LogP contribution is -2.52. The molecule has 5 rings (SSSR count). The lowest BCUT2D eigenvalue weighted by atomic mass is 9.92. The number of benzene rings is 3. The molecule has 0 aliphatic carbocycles. The quantitative estimate of drug-likeness (QED) is 0.265. The molecule has 1 atom stereocenters. The summed E-state index contributed by atoms with van der Waals surface area (Å²) in [7, 11) is 0. The van der Waals surface area contributed by atoms with Crippen LogP contribution in [0.15, 0.2) is 73.3 Å². The highest BCUT2D eigenvalue weighted by molar-refractivity contribution is 6.04. The van der Waals surface area contributed by atoms with Gasteiger partial charge in [0.05, 0.1) is 12.2 Å². The van der Waals surface area contributed by atoms with Crippen LogP contribution < -0.4 is 15.0 Å². The first-order chi connectivity index (χ1) is 20.9. The van der Waals surface area contributed by atoms with E-state index in [4.69, 9.17) is 0 Å². The molecular weight excluding hydrogens is 594 g/mol. The van der Waals surface area contributed by atoms with Gasteiger partial charge in [-0.3, -0.25) is 9.69 Å². The van der Waals surface area contributed by atoms with E-state index in [9.17, 15) is 31.9 Å². The molecule has 1 aromatic heterocycles. The number of nitrogens with one attached hydrogen (secondary N) is 1. The normalized spacial score (nSPS) is 15.6. The minimum absolute atomic E-state index is 0.0139. The molecule has 232 valence electrons. The number of ether oxygens (including phenoxy) is 1. The van der Waals surface area contributed by atoms with Crippen molar-refractivity contribution >= 4 is 17.3 Å². The summed E-state index contributed by atoms with van der Waals surface area (Å²) in [5.41, 5.74) is -1.40. The molecule has 2 heterocycles. The zero-order valence-corrected chi connectivity index (χ0v) is 22.9. The number of carbonyl (C=O) groups is 1. The van der Waals surface area contributed by atoms with Crippen LogP contribution in [0.25, 0.3) is 0 Å². The SMILES string of the molecule is O=C(Nc1ccc(N2CCN(CC(O)(Cn3cncn3)c3ccc(F)cc3F)CC2)c(F)c1)c1ccc(OC(F)(F)F)cc1. The van der Waals surface area contributed by atoms with E-state index in [0.29, 0.717) is 32.2 Å². The number of carbonyl (C=O) groups excluding carboxylic acids is 1. The van der Waals surface area contributed by atoms with E-state index in [-0.39, 0.29) is 35.6 Å². The van der Waals surface area contributed by atoms with Gasteiger partial charge in [0.2, 0.25) is 0 Å². The smallest absolute Gasteiger partial charge is 0.406 e. The molecule has 0 saturated carbocycles. The molecule has 1 amide bonds. The average Bonchev–Trinajstić information content (AvgIpc) is 3.46.